The molecule has 0 heterocycles. The zero-order valence-electron chi connectivity index (χ0n) is 10.2. The molecule has 15 heavy (non-hydrogen) atoms. The fourth-order valence-electron chi connectivity index (χ4n) is 1.69. The van der Waals surface area contributed by atoms with Crippen LogP contribution < -0.4 is 0 Å². The molecule has 0 spiro atoms. The Bertz CT molecular complexity index is 310. The Balaban J connectivity index is 2.79. The Labute approximate surface area is 94.0 Å². The van der Waals surface area contributed by atoms with Crippen LogP contribution in [0.15, 0.2) is 36.9 Å². The second-order valence-electron chi connectivity index (χ2n) is 4.69. The maximum Gasteiger partial charge on any atom is -0.00974 e. The van der Waals surface area contributed by atoms with Gasteiger partial charge in [0.05, 0.1) is 0 Å². The average Bonchev–Trinajstić information content (AvgIpc) is 2.21. The first kappa shape index (κ1) is 12.0. The van der Waals surface area contributed by atoms with Gasteiger partial charge in [-0.3, -0.25) is 0 Å². The van der Waals surface area contributed by atoms with E-state index in [-0.39, 0.29) is 0 Å². The third kappa shape index (κ3) is 3.54. The smallest absolute Gasteiger partial charge is 0.00974 e. The number of allylic oxidation sites excluding steroid dienone is 1. The second-order valence-corrected chi connectivity index (χ2v) is 4.69. The van der Waals surface area contributed by atoms with E-state index >= 15 is 0 Å². The molecule has 0 saturated heterocycles. The SMILES string of the molecule is C=CCc1ccccc1CC(C)C(C)C. The quantitative estimate of drug-likeness (QED) is 0.626. The fourth-order valence-corrected chi connectivity index (χ4v) is 1.69. The molecule has 0 saturated carbocycles. The molecule has 0 aliphatic heterocycles. The van der Waals surface area contributed by atoms with Gasteiger partial charge in [-0.15, -0.1) is 6.58 Å². The molecule has 0 aliphatic carbocycles. The molecule has 1 atom stereocenters. The lowest BCUT2D eigenvalue weighted by Gasteiger charge is -2.17. The van der Waals surface area contributed by atoms with Gasteiger partial charge in [0.2, 0.25) is 0 Å². The lowest BCUT2D eigenvalue weighted by Crippen LogP contribution is -2.08. The molecule has 0 fully saturated rings. The number of hydrogen-bond donors (Lipinski definition) is 0. The highest BCUT2D eigenvalue weighted by Crippen LogP contribution is 2.19. The summed E-state index contributed by atoms with van der Waals surface area (Å²) in [5, 5.41) is 0. The summed E-state index contributed by atoms with van der Waals surface area (Å²) < 4.78 is 0. The largest absolute Gasteiger partial charge is 0.103 e. The van der Waals surface area contributed by atoms with Gasteiger partial charge >= 0.3 is 0 Å². The first-order valence-electron chi connectivity index (χ1n) is 5.82. The molecule has 0 bridgehead atoms. The minimum Gasteiger partial charge on any atom is -0.103 e. The summed E-state index contributed by atoms with van der Waals surface area (Å²) in [6.45, 7) is 10.7. The molecule has 1 rings (SSSR count). The normalized spacial score (nSPS) is 12.8. The van der Waals surface area contributed by atoms with E-state index in [4.69, 9.17) is 0 Å². The first-order valence-corrected chi connectivity index (χ1v) is 5.82. The van der Waals surface area contributed by atoms with Crippen molar-refractivity contribution in [1.29, 1.82) is 0 Å². The van der Waals surface area contributed by atoms with Crippen molar-refractivity contribution in [3.63, 3.8) is 0 Å². The van der Waals surface area contributed by atoms with Crippen molar-refractivity contribution in [1.82, 2.24) is 0 Å². The third-order valence-electron chi connectivity index (χ3n) is 3.16. The van der Waals surface area contributed by atoms with Crippen molar-refractivity contribution in [2.24, 2.45) is 11.8 Å². The molecular formula is C15H22. The van der Waals surface area contributed by atoms with Crippen LogP contribution in [0.1, 0.15) is 31.9 Å². The summed E-state index contributed by atoms with van der Waals surface area (Å²) >= 11 is 0. The number of hydrogen-bond acceptors (Lipinski definition) is 0. The molecule has 0 amide bonds. The van der Waals surface area contributed by atoms with E-state index in [1.807, 2.05) is 6.08 Å². The summed E-state index contributed by atoms with van der Waals surface area (Å²) in [5.74, 6) is 1.50. The summed E-state index contributed by atoms with van der Waals surface area (Å²) in [6.07, 6.45) is 4.15. The van der Waals surface area contributed by atoms with Gasteiger partial charge in [-0.05, 0) is 35.8 Å². The van der Waals surface area contributed by atoms with E-state index in [1.54, 1.807) is 0 Å². The average molecular weight is 202 g/mol. The molecule has 1 aromatic carbocycles. The Morgan fingerprint density at radius 1 is 1.13 bits per heavy atom. The van der Waals surface area contributed by atoms with Crippen LogP contribution in [0.5, 0.6) is 0 Å². The predicted octanol–water partition coefficient (Wildman–Crippen LogP) is 4.25. The molecule has 1 aromatic rings. The lowest BCUT2D eigenvalue weighted by atomic mass is 9.88. The van der Waals surface area contributed by atoms with Crippen molar-refractivity contribution >= 4 is 0 Å². The Morgan fingerprint density at radius 3 is 2.27 bits per heavy atom. The van der Waals surface area contributed by atoms with Gasteiger partial charge in [-0.1, -0.05) is 51.1 Å². The van der Waals surface area contributed by atoms with E-state index < -0.39 is 0 Å². The highest BCUT2D eigenvalue weighted by Gasteiger charge is 2.09. The molecule has 0 heteroatoms. The van der Waals surface area contributed by atoms with Crippen LogP contribution in [0.3, 0.4) is 0 Å². The van der Waals surface area contributed by atoms with E-state index in [9.17, 15) is 0 Å². The van der Waals surface area contributed by atoms with Gasteiger partial charge in [0.1, 0.15) is 0 Å². The van der Waals surface area contributed by atoms with E-state index in [1.165, 1.54) is 17.5 Å². The van der Waals surface area contributed by atoms with Crippen LogP contribution in [-0.2, 0) is 12.8 Å². The van der Waals surface area contributed by atoms with Crippen LogP contribution in [0, 0.1) is 11.8 Å². The van der Waals surface area contributed by atoms with Gasteiger partial charge in [-0.25, -0.2) is 0 Å². The Morgan fingerprint density at radius 2 is 1.73 bits per heavy atom. The van der Waals surface area contributed by atoms with Crippen molar-refractivity contribution < 1.29 is 0 Å². The second kappa shape index (κ2) is 5.75. The first-order chi connectivity index (χ1) is 7.15. The molecule has 0 radical (unpaired) electrons. The number of benzene rings is 1. The van der Waals surface area contributed by atoms with Gasteiger partial charge in [0.15, 0.2) is 0 Å². The van der Waals surface area contributed by atoms with Crippen LogP contribution in [0.2, 0.25) is 0 Å². The maximum absolute atomic E-state index is 3.81. The molecule has 1 unspecified atom stereocenters. The van der Waals surface area contributed by atoms with Crippen molar-refractivity contribution in [2.75, 3.05) is 0 Å². The summed E-state index contributed by atoms with van der Waals surface area (Å²) in [7, 11) is 0. The van der Waals surface area contributed by atoms with Crippen molar-refractivity contribution in [3.8, 4) is 0 Å². The molecular weight excluding hydrogens is 180 g/mol. The van der Waals surface area contributed by atoms with E-state index in [0.29, 0.717) is 0 Å². The zero-order chi connectivity index (χ0) is 11.3. The van der Waals surface area contributed by atoms with Crippen LogP contribution in [-0.4, -0.2) is 0 Å². The Hall–Kier alpha value is -1.04. The molecule has 82 valence electrons. The van der Waals surface area contributed by atoms with Crippen molar-refractivity contribution in [3.05, 3.63) is 48.0 Å². The zero-order valence-corrected chi connectivity index (χ0v) is 10.2. The maximum atomic E-state index is 3.81. The highest BCUT2D eigenvalue weighted by atomic mass is 14.1. The van der Waals surface area contributed by atoms with Crippen LogP contribution in [0.25, 0.3) is 0 Å². The van der Waals surface area contributed by atoms with Crippen molar-refractivity contribution in [2.45, 2.75) is 33.6 Å². The van der Waals surface area contributed by atoms with Gasteiger partial charge in [-0.2, -0.15) is 0 Å². The van der Waals surface area contributed by atoms with Crippen LogP contribution >= 0.6 is 0 Å². The minimum absolute atomic E-state index is 0.746. The third-order valence-corrected chi connectivity index (χ3v) is 3.16. The van der Waals surface area contributed by atoms with Gasteiger partial charge in [0.25, 0.3) is 0 Å². The van der Waals surface area contributed by atoms with E-state index in [2.05, 4.69) is 51.6 Å². The summed E-state index contributed by atoms with van der Waals surface area (Å²) in [4.78, 5) is 0. The molecule has 0 nitrogen and oxygen atoms in total. The predicted molar refractivity (Wildman–Crippen MR) is 68.0 cm³/mol. The Kier molecular flexibility index (Phi) is 4.61. The highest BCUT2D eigenvalue weighted by molar-refractivity contribution is 5.29. The standard InChI is InChI=1S/C15H22/c1-5-8-14-9-6-7-10-15(14)11-13(4)12(2)3/h5-7,9-10,12-13H,1,8,11H2,2-4H3. The molecule has 0 aromatic heterocycles. The number of rotatable bonds is 5. The van der Waals surface area contributed by atoms with Gasteiger partial charge in [0, 0.05) is 0 Å². The summed E-state index contributed by atoms with van der Waals surface area (Å²) in [5.41, 5.74) is 2.92. The van der Waals surface area contributed by atoms with E-state index in [0.717, 1.165) is 18.3 Å². The fraction of sp³-hybridized carbons (Fsp3) is 0.467. The van der Waals surface area contributed by atoms with Crippen LogP contribution in [0.4, 0.5) is 0 Å². The molecule has 0 aliphatic rings. The minimum atomic E-state index is 0.746. The molecule has 0 N–H and O–H groups in total. The lowest BCUT2D eigenvalue weighted by molar-refractivity contribution is 0.416. The summed E-state index contributed by atoms with van der Waals surface area (Å²) in [6, 6.07) is 8.71. The van der Waals surface area contributed by atoms with Gasteiger partial charge < -0.3 is 0 Å². The topological polar surface area (TPSA) is 0 Å². The monoisotopic (exact) mass is 202 g/mol.